The molecule has 0 fully saturated rings. The minimum atomic E-state index is -0.618. The zero-order valence-electron chi connectivity index (χ0n) is 9.64. The summed E-state index contributed by atoms with van der Waals surface area (Å²) in [4.78, 5) is 19.4. The molecule has 92 valence electrons. The zero-order chi connectivity index (χ0) is 12.8. The van der Waals surface area contributed by atoms with E-state index in [1.807, 2.05) is 18.2 Å². The molecule has 0 unspecified atom stereocenters. The summed E-state index contributed by atoms with van der Waals surface area (Å²) in [6.07, 6.45) is 4.71. The van der Waals surface area contributed by atoms with Crippen molar-refractivity contribution in [1.29, 1.82) is 0 Å². The van der Waals surface area contributed by atoms with Gasteiger partial charge in [0.25, 0.3) is 5.91 Å². The van der Waals surface area contributed by atoms with Crippen LogP contribution in [0.5, 0.6) is 0 Å². The van der Waals surface area contributed by atoms with E-state index in [0.29, 0.717) is 13.0 Å². The van der Waals surface area contributed by atoms with Gasteiger partial charge < -0.3 is 5.32 Å². The van der Waals surface area contributed by atoms with Crippen molar-refractivity contribution >= 4 is 5.91 Å². The van der Waals surface area contributed by atoms with Crippen LogP contribution in [0.3, 0.4) is 0 Å². The van der Waals surface area contributed by atoms with Crippen molar-refractivity contribution in [1.82, 2.24) is 15.3 Å². The maximum Gasteiger partial charge on any atom is 0.254 e. The van der Waals surface area contributed by atoms with Crippen LogP contribution in [-0.2, 0) is 6.42 Å². The second-order valence-corrected chi connectivity index (χ2v) is 3.68. The third-order valence-corrected chi connectivity index (χ3v) is 2.41. The fourth-order valence-electron chi connectivity index (χ4n) is 1.50. The first-order valence-electron chi connectivity index (χ1n) is 5.55. The molecule has 0 aliphatic rings. The number of nitrogens with one attached hydrogen (secondary N) is 1. The highest BCUT2D eigenvalue weighted by Gasteiger charge is 2.10. The first-order chi connectivity index (χ1) is 8.77. The van der Waals surface area contributed by atoms with E-state index in [1.54, 1.807) is 6.20 Å². The van der Waals surface area contributed by atoms with Gasteiger partial charge in [-0.2, -0.15) is 0 Å². The Kier molecular flexibility index (Phi) is 3.96. The van der Waals surface area contributed by atoms with Crippen LogP contribution < -0.4 is 5.32 Å². The molecule has 0 radical (unpaired) electrons. The Morgan fingerprint density at radius 2 is 2.17 bits per heavy atom. The summed E-state index contributed by atoms with van der Waals surface area (Å²) >= 11 is 0. The predicted octanol–water partition coefficient (Wildman–Crippen LogP) is 1.59. The number of hydrogen-bond acceptors (Lipinski definition) is 3. The number of carbonyl (C=O) groups is 1. The lowest BCUT2D eigenvalue weighted by molar-refractivity contribution is 0.0950. The number of rotatable bonds is 4. The van der Waals surface area contributed by atoms with Gasteiger partial charge in [-0.15, -0.1) is 0 Å². The van der Waals surface area contributed by atoms with Crippen LogP contribution in [0.4, 0.5) is 4.39 Å². The van der Waals surface area contributed by atoms with Crippen molar-refractivity contribution in [3.8, 4) is 0 Å². The average molecular weight is 245 g/mol. The van der Waals surface area contributed by atoms with Gasteiger partial charge in [-0.25, -0.2) is 4.39 Å². The van der Waals surface area contributed by atoms with Crippen LogP contribution in [0.1, 0.15) is 16.1 Å². The van der Waals surface area contributed by atoms with Crippen molar-refractivity contribution < 1.29 is 9.18 Å². The molecule has 4 nitrogen and oxygen atoms in total. The highest BCUT2D eigenvalue weighted by Crippen LogP contribution is 2.03. The fraction of sp³-hybridized carbons (Fsp3) is 0.154. The number of aromatic nitrogens is 2. The lowest BCUT2D eigenvalue weighted by Gasteiger charge is -2.05. The molecule has 1 amide bonds. The van der Waals surface area contributed by atoms with Crippen LogP contribution in [0, 0.1) is 5.82 Å². The van der Waals surface area contributed by atoms with Crippen molar-refractivity contribution in [2.75, 3.05) is 6.54 Å². The van der Waals surface area contributed by atoms with Crippen LogP contribution >= 0.6 is 0 Å². The first kappa shape index (κ1) is 12.2. The SMILES string of the molecule is O=C(NCCc1ccccn1)c1ccncc1F. The summed E-state index contributed by atoms with van der Waals surface area (Å²) in [5.41, 5.74) is 0.888. The van der Waals surface area contributed by atoms with Crippen molar-refractivity contribution in [2.45, 2.75) is 6.42 Å². The second-order valence-electron chi connectivity index (χ2n) is 3.68. The summed E-state index contributed by atoms with van der Waals surface area (Å²) < 4.78 is 13.3. The predicted molar refractivity (Wildman–Crippen MR) is 64.5 cm³/mol. The molecule has 2 rings (SSSR count). The van der Waals surface area contributed by atoms with Gasteiger partial charge in [-0.1, -0.05) is 6.07 Å². The van der Waals surface area contributed by atoms with E-state index in [1.165, 1.54) is 12.3 Å². The zero-order valence-corrected chi connectivity index (χ0v) is 9.64. The molecule has 0 aliphatic heterocycles. The number of carbonyl (C=O) groups excluding carboxylic acids is 1. The number of pyridine rings is 2. The molecule has 0 atom stereocenters. The number of halogens is 1. The lowest BCUT2D eigenvalue weighted by Crippen LogP contribution is -2.26. The number of hydrogen-bond donors (Lipinski definition) is 1. The second kappa shape index (κ2) is 5.86. The van der Waals surface area contributed by atoms with E-state index < -0.39 is 11.7 Å². The van der Waals surface area contributed by atoms with Gasteiger partial charge in [-0.3, -0.25) is 14.8 Å². The normalized spacial score (nSPS) is 10.1. The molecule has 2 aromatic rings. The van der Waals surface area contributed by atoms with Gasteiger partial charge in [-0.05, 0) is 18.2 Å². The third-order valence-electron chi connectivity index (χ3n) is 2.41. The molecule has 0 saturated carbocycles. The maximum atomic E-state index is 13.3. The molecule has 0 aromatic carbocycles. The van der Waals surface area contributed by atoms with Gasteiger partial charge in [0.05, 0.1) is 11.8 Å². The van der Waals surface area contributed by atoms with Crippen molar-refractivity contribution in [2.24, 2.45) is 0 Å². The van der Waals surface area contributed by atoms with Crippen molar-refractivity contribution in [3.63, 3.8) is 0 Å². The molecular weight excluding hydrogens is 233 g/mol. The Hall–Kier alpha value is -2.30. The average Bonchev–Trinajstić information content (AvgIpc) is 2.40. The summed E-state index contributed by atoms with van der Waals surface area (Å²) in [5, 5.41) is 2.64. The lowest BCUT2D eigenvalue weighted by atomic mass is 10.2. The summed E-state index contributed by atoms with van der Waals surface area (Å²) in [5.74, 6) is -1.06. The number of nitrogens with zero attached hydrogens (tertiary/aromatic N) is 2. The van der Waals surface area contributed by atoms with E-state index >= 15 is 0 Å². The van der Waals surface area contributed by atoms with E-state index in [-0.39, 0.29) is 5.56 Å². The molecule has 5 heteroatoms. The van der Waals surface area contributed by atoms with E-state index in [2.05, 4.69) is 15.3 Å². The largest absolute Gasteiger partial charge is 0.352 e. The van der Waals surface area contributed by atoms with Gasteiger partial charge in [0.15, 0.2) is 5.82 Å². The Bertz CT molecular complexity index is 531. The summed E-state index contributed by atoms with van der Waals surface area (Å²) in [7, 11) is 0. The topological polar surface area (TPSA) is 54.9 Å². The molecule has 2 aromatic heterocycles. The highest BCUT2D eigenvalue weighted by atomic mass is 19.1. The van der Waals surface area contributed by atoms with E-state index in [0.717, 1.165) is 11.9 Å². The van der Waals surface area contributed by atoms with Crippen LogP contribution in [0.2, 0.25) is 0 Å². The minimum absolute atomic E-state index is 0.00557. The smallest absolute Gasteiger partial charge is 0.254 e. The van der Waals surface area contributed by atoms with Crippen LogP contribution in [-0.4, -0.2) is 22.4 Å². The Balaban J connectivity index is 1.88. The Morgan fingerprint density at radius 1 is 1.28 bits per heavy atom. The van der Waals surface area contributed by atoms with Crippen molar-refractivity contribution in [3.05, 3.63) is 59.9 Å². The minimum Gasteiger partial charge on any atom is -0.352 e. The molecule has 0 saturated heterocycles. The molecule has 18 heavy (non-hydrogen) atoms. The molecule has 0 aliphatic carbocycles. The standard InChI is InChI=1S/C13H12FN3O/c14-12-9-15-7-5-11(12)13(18)17-8-4-10-3-1-2-6-16-10/h1-3,5-7,9H,4,8H2,(H,17,18). The molecule has 1 N–H and O–H groups in total. The monoisotopic (exact) mass is 245 g/mol. The molecule has 0 bridgehead atoms. The van der Waals surface area contributed by atoms with Gasteiger partial charge in [0.1, 0.15) is 0 Å². The van der Waals surface area contributed by atoms with Gasteiger partial charge >= 0.3 is 0 Å². The van der Waals surface area contributed by atoms with E-state index in [4.69, 9.17) is 0 Å². The van der Waals surface area contributed by atoms with Gasteiger partial charge in [0.2, 0.25) is 0 Å². The Morgan fingerprint density at radius 3 is 2.89 bits per heavy atom. The molecule has 2 heterocycles. The molecule has 0 spiro atoms. The Labute approximate surface area is 104 Å². The quantitative estimate of drug-likeness (QED) is 0.889. The molecular formula is C13H12FN3O. The summed E-state index contributed by atoms with van der Waals surface area (Å²) in [6, 6.07) is 6.94. The first-order valence-corrected chi connectivity index (χ1v) is 5.55. The van der Waals surface area contributed by atoms with Gasteiger partial charge in [0, 0.05) is 31.1 Å². The third kappa shape index (κ3) is 3.10. The van der Waals surface area contributed by atoms with E-state index in [9.17, 15) is 9.18 Å². The fourth-order valence-corrected chi connectivity index (χ4v) is 1.50. The summed E-state index contributed by atoms with van der Waals surface area (Å²) in [6.45, 7) is 0.414. The number of amides is 1. The maximum absolute atomic E-state index is 13.3. The van der Waals surface area contributed by atoms with Crippen LogP contribution in [0.15, 0.2) is 42.9 Å². The van der Waals surface area contributed by atoms with Crippen LogP contribution in [0.25, 0.3) is 0 Å². The highest BCUT2D eigenvalue weighted by molar-refractivity contribution is 5.94.